The van der Waals surface area contributed by atoms with Crippen LogP contribution >= 0.6 is 0 Å². The SMILES string of the molecule is CN(CCNc1ccc(C#N)cc1)C1CCCC1. The molecule has 1 saturated carbocycles. The third-order valence-corrected chi connectivity index (χ3v) is 3.76. The Bertz CT molecular complexity index is 399. The van der Waals surface area contributed by atoms with E-state index in [1.165, 1.54) is 25.7 Å². The first-order valence-electron chi connectivity index (χ1n) is 6.74. The third-order valence-electron chi connectivity index (χ3n) is 3.76. The molecule has 96 valence electrons. The highest BCUT2D eigenvalue weighted by molar-refractivity contribution is 5.47. The van der Waals surface area contributed by atoms with Crippen LogP contribution in [-0.2, 0) is 0 Å². The van der Waals surface area contributed by atoms with Crippen LogP contribution in [0, 0.1) is 11.3 Å². The first-order chi connectivity index (χ1) is 8.79. The summed E-state index contributed by atoms with van der Waals surface area (Å²) >= 11 is 0. The fourth-order valence-electron chi connectivity index (χ4n) is 2.57. The van der Waals surface area contributed by atoms with E-state index >= 15 is 0 Å². The summed E-state index contributed by atoms with van der Waals surface area (Å²) in [5.41, 5.74) is 1.80. The van der Waals surface area contributed by atoms with Crippen LogP contribution in [0.2, 0.25) is 0 Å². The number of likely N-dealkylation sites (N-methyl/N-ethyl adjacent to an activating group) is 1. The first kappa shape index (κ1) is 12.9. The van der Waals surface area contributed by atoms with E-state index in [0.717, 1.165) is 24.8 Å². The van der Waals surface area contributed by atoms with E-state index in [2.05, 4.69) is 23.3 Å². The Morgan fingerprint density at radius 3 is 2.56 bits per heavy atom. The van der Waals surface area contributed by atoms with E-state index in [0.29, 0.717) is 5.56 Å². The molecule has 3 heteroatoms. The van der Waals surface area contributed by atoms with Crippen LogP contribution in [0.25, 0.3) is 0 Å². The van der Waals surface area contributed by atoms with E-state index in [4.69, 9.17) is 5.26 Å². The number of rotatable bonds is 5. The van der Waals surface area contributed by atoms with Crippen molar-refractivity contribution in [1.82, 2.24) is 4.90 Å². The maximum atomic E-state index is 8.72. The molecule has 1 aromatic rings. The van der Waals surface area contributed by atoms with Crippen LogP contribution in [0.1, 0.15) is 31.2 Å². The van der Waals surface area contributed by atoms with Gasteiger partial charge >= 0.3 is 0 Å². The van der Waals surface area contributed by atoms with Crippen molar-refractivity contribution in [1.29, 1.82) is 5.26 Å². The molecule has 0 spiro atoms. The van der Waals surface area contributed by atoms with Gasteiger partial charge in [0.1, 0.15) is 0 Å². The highest BCUT2D eigenvalue weighted by Crippen LogP contribution is 2.21. The van der Waals surface area contributed by atoms with Gasteiger partial charge in [-0.2, -0.15) is 5.26 Å². The average Bonchev–Trinajstić information content (AvgIpc) is 2.93. The molecule has 0 aliphatic heterocycles. The summed E-state index contributed by atoms with van der Waals surface area (Å²) in [6, 6.07) is 10.5. The quantitative estimate of drug-likeness (QED) is 0.864. The molecule has 18 heavy (non-hydrogen) atoms. The van der Waals surface area contributed by atoms with Crippen molar-refractivity contribution in [3.63, 3.8) is 0 Å². The Balaban J connectivity index is 1.72. The predicted octanol–water partition coefficient (Wildman–Crippen LogP) is 2.84. The highest BCUT2D eigenvalue weighted by Gasteiger charge is 2.18. The first-order valence-corrected chi connectivity index (χ1v) is 6.74. The lowest BCUT2D eigenvalue weighted by Gasteiger charge is -2.24. The van der Waals surface area contributed by atoms with Crippen molar-refractivity contribution in [2.24, 2.45) is 0 Å². The molecule has 1 aliphatic carbocycles. The molecule has 0 amide bonds. The van der Waals surface area contributed by atoms with Crippen molar-refractivity contribution in [2.45, 2.75) is 31.7 Å². The molecule has 3 nitrogen and oxygen atoms in total. The standard InChI is InChI=1S/C15H21N3/c1-18(15-4-2-3-5-15)11-10-17-14-8-6-13(12-16)7-9-14/h6-9,15,17H,2-5,10-11H2,1H3. The molecule has 0 unspecified atom stereocenters. The van der Waals surface area contributed by atoms with Crippen molar-refractivity contribution in [3.05, 3.63) is 29.8 Å². The van der Waals surface area contributed by atoms with E-state index in [9.17, 15) is 0 Å². The summed E-state index contributed by atoms with van der Waals surface area (Å²) < 4.78 is 0. The zero-order chi connectivity index (χ0) is 12.8. The molecular formula is C15H21N3. The lowest BCUT2D eigenvalue weighted by molar-refractivity contribution is 0.254. The van der Waals surface area contributed by atoms with Crippen LogP contribution in [-0.4, -0.2) is 31.1 Å². The Labute approximate surface area is 109 Å². The van der Waals surface area contributed by atoms with Gasteiger partial charge in [0.2, 0.25) is 0 Å². The van der Waals surface area contributed by atoms with Gasteiger partial charge in [-0.25, -0.2) is 0 Å². The Hall–Kier alpha value is -1.53. The van der Waals surface area contributed by atoms with Crippen LogP contribution in [0.3, 0.4) is 0 Å². The summed E-state index contributed by atoms with van der Waals surface area (Å²) in [7, 11) is 2.22. The molecule has 0 bridgehead atoms. The van der Waals surface area contributed by atoms with Crippen LogP contribution in [0.15, 0.2) is 24.3 Å². The van der Waals surface area contributed by atoms with Crippen LogP contribution < -0.4 is 5.32 Å². The Morgan fingerprint density at radius 2 is 1.94 bits per heavy atom. The molecule has 0 saturated heterocycles. The van der Waals surface area contributed by atoms with Gasteiger partial charge in [-0.05, 0) is 44.2 Å². The number of hydrogen-bond donors (Lipinski definition) is 1. The lowest BCUT2D eigenvalue weighted by Crippen LogP contribution is -2.33. The van der Waals surface area contributed by atoms with E-state index < -0.39 is 0 Å². The number of hydrogen-bond acceptors (Lipinski definition) is 3. The second-order valence-corrected chi connectivity index (χ2v) is 5.03. The number of nitrogens with zero attached hydrogens (tertiary/aromatic N) is 2. The second kappa shape index (κ2) is 6.42. The van der Waals surface area contributed by atoms with Crippen molar-refractivity contribution in [2.75, 3.05) is 25.5 Å². The molecule has 1 aliphatic rings. The number of nitriles is 1. The highest BCUT2D eigenvalue weighted by atomic mass is 15.1. The lowest BCUT2D eigenvalue weighted by atomic mass is 10.2. The minimum atomic E-state index is 0.712. The van der Waals surface area contributed by atoms with Gasteiger partial charge in [0.15, 0.2) is 0 Å². The molecule has 0 heterocycles. The van der Waals surface area contributed by atoms with Gasteiger partial charge in [-0.1, -0.05) is 12.8 Å². The zero-order valence-electron chi connectivity index (χ0n) is 11.0. The minimum absolute atomic E-state index is 0.712. The molecule has 0 atom stereocenters. The molecule has 2 rings (SSSR count). The van der Waals surface area contributed by atoms with E-state index in [1.807, 2.05) is 24.3 Å². The van der Waals surface area contributed by atoms with Gasteiger partial charge in [0.05, 0.1) is 11.6 Å². The van der Waals surface area contributed by atoms with Gasteiger partial charge in [0.25, 0.3) is 0 Å². The smallest absolute Gasteiger partial charge is 0.0991 e. The van der Waals surface area contributed by atoms with E-state index in [-0.39, 0.29) is 0 Å². The maximum Gasteiger partial charge on any atom is 0.0991 e. The molecule has 1 aromatic carbocycles. The topological polar surface area (TPSA) is 39.1 Å². The maximum absolute atomic E-state index is 8.72. The molecule has 1 N–H and O–H groups in total. The van der Waals surface area contributed by atoms with E-state index in [1.54, 1.807) is 0 Å². The van der Waals surface area contributed by atoms with Crippen molar-refractivity contribution < 1.29 is 0 Å². The van der Waals surface area contributed by atoms with Crippen molar-refractivity contribution >= 4 is 5.69 Å². The number of nitrogens with one attached hydrogen (secondary N) is 1. The Kier molecular flexibility index (Phi) is 4.60. The molecular weight excluding hydrogens is 222 g/mol. The summed E-state index contributed by atoms with van der Waals surface area (Å²) in [5.74, 6) is 0. The van der Waals surface area contributed by atoms with Crippen LogP contribution in [0.4, 0.5) is 5.69 Å². The Morgan fingerprint density at radius 1 is 1.28 bits per heavy atom. The second-order valence-electron chi connectivity index (χ2n) is 5.03. The third kappa shape index (κ3) is 3.48. The summed E-state index contributed by atoms with van der Waals surface area (Å²) in [4.78, 5) is 2.46. The largest absolute Gasteiger partial charge is 0.384 e. The molecule has 1 fully saturated rings. The normalized spacial score (nSPS) is 15.8. The average molecular weight is 243 g/mol. The number of benzene rings is 1. The summed E-state index contributed by atoms with van der Waals surface area (Å²) in [6.07, 6.45) is 5.48. The predicted molar refractivity (Wildman–Crippen MR) is 74.5 cm³/mol. The fourth-order valence-corrected chi connectivity index (χ4v) is 2.57. The zero-order valence-corrected chi connectivity index (χ0v) is 11.0. The van der Waals surface area contributed by atoms with Crippen LogP contribution in [0.5, 0.6) is 0 Å². The van der Waals surface area contributed by atoms with Gasteiger partial charge in [0, 0.05) is 24.8 Å². The van der Waals surface area contributed by atoms with Gasteiger partial charge in [-0.15, -0.1) is 0 Å². The van der Waals surface area contributed by atoms with Crippen molar-refractivity contribution in [3.8, 4) is 6.07 Å². The summed E-state index contributed by atoms with van der Waals surface area (Å²) in [6.45, 7) is 2.03. The summed E-state index contributed by atoms with van der Waals surface area (Å²) in [5, 5.41) is 12.1. The van der Waals surface area contributed by atoms with Gasteiger partial charge < -0.3 is 10.2 Å². The van der Waals surface area contributed by atoms with Gasteiger partial charge in [-0.3, -0.25) is 0 Å². The molecule has 0 aromatic heterocycles. The molecule has 0 radical (unpaired) electrons. The monoisotopic (exact) mass is 243 g/mol. The minimum Gasteiger partial charge on any atom is -0.384 e. The number of anilines is 1. The fraction of sp³-hybridized carbons (Fsp3) is 0.533.